The Balaban J connectivity index is 0.000000360. The predicted octanol–water partition coefficient (Wildman–Crippen LogP) is 2.31. The number of hydrogen-bond acceptors (Lipinski definition) is 6. The van der Waals surface area contributed by atoms with Gasteiger partial charge in [0.25, 0.3) is 0 Å². The summed E-state index contributed by atoms with van der Waals surface area (Å²) in [6.45, 7) is 3.59. The number of piperidine rings is 1. The van der Waals surface area contributed by atoms with Crippen LogP contribution in [0.2, 0.25) is 0 Å². The predicted molar refractivity (Wildman–Crippen MR) is 109 cm³/mol. The first-order valence-electron chi connectivity index (χ1n) is 10.0. The SMILES string of the molecule is O=C(O)C(F)(F)F.c1ccc(-n2cccn2)c(CNCc2cnnn2C2CCCNC2)c1. The lowest BCUT2D eigenvalue weighted by atomic mass is 10.1. The first-order chi connectivity index (χ1) is 15.4. The Hall–Kier alpha value is -3.25. The zero-order valence-electron chi connectivity index (χ0n) is 17.2. The molecule has 1 aliphatic rings. The molecule has 1 aliphatic heterocycles. The first-order valence-corrected chi connectivity index (χ1v) is 10.0. The van der Waals surface area contributed by atoms with Crippen molar-refractivity contribution in [2.75, 3.05) is 13.1 Å². The molecule has 0 aliphatic carbocycles. The first kappa shape index (κ1) is 23.4. The van der Waals surface area contributed by atoms with Gasteiger partial charge in [0.05, 0.1) is 23.6 Å². The number of carboxylic acid groups (broad SMARTS) is 1. The van der Waals surface area contributed by atoms with Gasteiger partial charge in [-0.25, -0.2) is 14.2 Å². The molecule has 3 N–H and O–H groups in total. The summed E-state index contributed by atoms with van der Waals surface area (Å²) in [5.74, 6) is -2.76. The number of para-hydroxylation sites is 1. The average Bonchev–Trinajstić information content (AvgIpc) is 3.47. The molecule has 1 unspecified atom stereocenters. The van der Waals surface area contributed by atoms with Crippen LogP contribution in [0.3, 0.4) is 0 Å². The maximum Gasteiger partial charge on any atom is 0.490 e. The van der Waals surface area contributed by atoms with Gasteiger partial charge in [0.2, 0.25) is 0 Å². The van der Waals surface area contributed by atoms with E-state index in [4.69, 9.17) is 9.90 Å². The summed E-state index contributed by atoms with van der Waals surface area (Å²) in [5.41, 5.74) is 3.44. The molecule has 32 heavy (non-hydrogen) atoms. The minimum absolute atomic E-state index is 0.407. The summed E-state index contributed by atoms with van der Waals surface area (Å²) in [4.78, 5) is 8.90. The molecular weight excluding hydrogens is 427 g/mol. The number of aliphatic carboxylic acids is 1. The van der Waals surface area contributed by atoms with Crippen LogP contribution in [0.15, 0.2) is 48.9 Å². The van der Waals surface area contributed by atoms with E-state index < -0.39 is 12.1 Å². The number of benzene rings is 1. The summed E-state index contributed by atoms with van der Waals surface area (Å²) < 4.78 is 35.7. The van der Waals surface area contributed by atoms with Gasteiger partial charge in [-0.1, -0.05) is 23.4 Å². The van der Waals surface area contributed by atoms with Gasteiger partial charge in [-0.3, -0.25) is 0 Å². The Kier molecular flexibility index (Phi) is 7.95. The Morgan fingerprint density at radius 2 is 2.03 bits per heavy atom. The maximum absolute atomic E-state index is 10.6. The van der Waals surface area contributed by atoms with Gasteiger partial charge < -0.3 is 15.7 Å². The van der Waals surface area contributed by atoms with E-state index in [1.807, 2.05) is 29.2 Å². The van der Waals surface area contributed by atoms with Gasteiger partial charge in [0.15, 0.2) is 0 Å². The number of halogens is 3. The molecule has 1 atom stereocenters. The fraction of sp³-hybridized carbons (Fsp3) is 0.400. The van der Waals surface area contributed by atoms with Crippen molar-refractivity contribution < 1.29 is 23.1 Å². The zero-order valence-corrected chi connectivity index (χ0v) is 17.2. The fourth-order valence-electron chi connectivity index (χ4n) is 3.36. The van der Waals surface area contributed by atoms with E-state index in [0.29, 0.717) is 6.04 Å². The summed E-state index contributed by atoms with van der Waals surface area (Å²) in [6.07, 6.45) is 2.89. The van der Waals surface area contributed by atoms with Crippen molar-refractivity contribution in [2.45, 2.75) is 38.1 Å². The molecule has 1 aromatic carbocycles. The van der Waals surface area contributed by atoms with Crippen molar-refractivity contribution in [3.05, 3.63) is 60.2 Å². The number of aromatic nitrogens is 5. The standard InChI is InChI=1S/C18H23N7.C2HF3O2/c1-2-7-18(24-10-4-9-22-24)15(5-1)11-20-13-17-14-21-23-25(17)16-6-3-8-19-12-16;3-2(4,5)1(6)7/h1-2,4-5,7,9-10,14,16,19-20H,3,6,8,11-13H2;(H,6,7). The van der Waals surface area contributed by atoms with E-state index in [2.05, 4.69) is 48.9 Å². The van der Waals surface area contributed by atoms with Crippen molar-refractivity contribution >= 4 is 5.97 Å². The lowest BCUT2D eigenvalue weighted by Crippen LogP contribution is -2.33. The second kappa shape index (κ2) is 10.9. The molecular formula is C20H24F3N7O2. The molecule has 0 radical (unpaired) electrons. The van der Waals surface area contributed by atoms with Crippen LogP contribution in [0.4, 0.5) is 13.2 Å². The number of nitrogens with zero attached hydrogens (tertiary/aromatic N) is 5. The minimum Gasteiger partial charge on any atom is -0.475 e. The average molecular weight is 451 g/mol. The van der Waals surface area contributed by atoms with Crippen LogP contribution in [-0.4, -0.2) is 55.1 Å². The summed E-state index contributed by atoms with van der Waals surface area (Å²) in [7, 11) is 0. The van der Waals surface area contributed by atoms with Crippen LogP contribution < -0.4 is 10.6 Å². The highest BCUT2D eigenvalue weighted by Crippen LogP contribution is 2.18. The zero-order chi connectivity index (χ0) is 23.0. The number of alkyl halides is 3. The van der Waals surface area contributed by atoms with Gasteiger partial charge >= 0.3 is 12.1 Å². The van der Waals surface area contributed by atoms with E-state index >= 15 is 0 Å². The third-order valence-corrected chi connectivity index (χ3v) is 4.87. The Morgan fingerprint density at radius 3 is 2.69 bits per heavy atom. The Labute approximate surface area is 182 Å². The molecule has 3 aromatic rings. The van der Waals surface area contributed by atoms with Crippen molar-refractivity contribution in [1.82, 2.24) is 35.4 Å². The molecule has 0 saturated carbocycles. The van der Waals surface area contributed by atoms with E-state index in [0.717, 1.165) is 44.0 Å². The second-order valence-electron chi connectivity index (χ2n) is 7.16. The van der Waals surface area contributed by atoms with Crippen LogP contribution in [0, 0.1) is 0 Å². The molecule has 12 heteroatoms. The van der Waals surface area contributed by atoms with Gasteiger partial charge in [-0.05, 0) is 37.1 Å². The molecule has 3 heterocycles. The molecule has 2 aromatic heterocycles. The Morgan fingerprint density at radius 1 is 1.25 bits per heavy atom. The van der Waals surface area contributed by atoms with Gasteiger partial charge in [0, 0.05) is 32.0 Å². The van der Waals surface area contributed by atoms with Crippen LogP contribution in [0.5, 0.6) is 0 Å². The van der Waals surface area contributed by atoms with E-state index in [1.165, 1.54) is 12.0 Å². The highest BCUT2D eigenvalue weighted by atomic mass is 19.4. The molecule has 1 saturated heterocycles. The molecule has 1 fully saturated rings. The monoisotopic (exact) mass is 451 g/mol. The van der Waals surface area contributed by atoms with Crippen LogP contribution in [0.25, 0.3) is 5.69 Å². The minimum atomic E-state index is -5.08. The highest BCUT2D eigenvalue weighted by Gasteiger charge is 2.38. The van der Waals surface area contributed by atoms with E-state index in [9.17, 15) is 13.2 Å². The molecule has 0 amide bonds. The third kappa shape index (κ3) is 6.37. The van der Waals surface area contributed by atoms with E-state index in [-0.39, 0.29) is 0 Å². The van der Waals surface area contributed by atoms with Gasteiger partial charge in [0.1, 0.15) is 0 Å². The topological polar surface area (TPSA) is 110 Å². The van der Waals surface area contributed by atoms with Crippen molar-refractivity contribution in [2.24, 2.45) is 0 Å². The van der Waals surface area contributed by atoms with E-state index in [1.54, 1.807) is 6.20 Å². The molecule has 172 valence electrons. The molecule has 9 nitrogen and oxygen atoms in total. The number of rotatable bonds is 6. The van der Waals surface area contributed by atoms with Gasteiger partial charge in [-0.2, -0.15) is 18.3 Å². The maximum atomic E-state index is 10.6. The van der Waals surface area contributed by atoms with Crippen molar-refractivity contribution in [1.29, 1.82) is 0 Å². The molecule has 4 rings (SSSR count). The highest BCUT2D eigenvalue weighted by molar-refractivity contribution is 5.73. The number of hydrogen-bond donors (Lipinski definition) is 3. The van der Waals surface area contributed by atoms with Crippen LogP contribution in [0.1, 0.15) is 30.1 Å². The van der Waals surface area contributed by atoms with Crippen molar-refractivity contribution in [3.63, 3.8) is 0 Å². The third-order valence-electron chi connectivity index (χ3n) is 4.87. The summed E-state index contributed by atoms with van der Waals surface area (Å²) in [6, 6.07) is 10.7. The molecule has 0 bridgehead atoms. The fourth-order valence-corrected chi connectivity index (χ4v) is 3.36. The number of nitrogens with one attached hydrogen (secondary N) is 2. The number of carboxylic acids is 1. The summed E-state index contributed by atoms with van der Waals surface area (Å²) >= 11 is 0. The quantitative estimate of drug-likeness (QED) is 0.528. The normalized spacial score (nSPS) is 16.3. The van der Waals surface area contributed by atoms with Crippen LogP contribution in [-0.2, 0) is 17.9 Å². The molecule has 0 spiro atoms. The van der Waals surface area contributed by atoms with Crippen LogP contribution >= 0.6 is 0 Å². The lowest BCUT2D eigenvalue weighted by molar-refractivity contribution is -0.192. The smallest absolute Gasteiger partial charge is 0.475 e. The largest absolute Gasteiger partial charge is 0.490 e. The number of carbonyl (C=O) groups is 1. The van der Waals surface area contributed by atoms with Crippen molar-refractivity contribution in [3.8, 4) is 5.69 Å². The lowest BCUT2D eigenvalue weighted by Gasteiger charge is -2.24. The Bertz CT molecular complexity index is 983. The van der Waals surface area contributed by atoms with Gasteiger partial charge in [-0.15, -0.1) is 5.10 Å². The second-order valence-corrected chi connectivity index (χ2v) is 7.16. The summed E-state index contributed by atoms with van der Waals surface area (Å²) in [5, 5.41) is 26.8.